The Bertz CT molecular complexity index is 913. The third kappa shape index (κ3) is 3.49. The van der Waals surface area contributed by atoms with Gasteiger partial charge in [0.2, 0.25) is 5.91 Å². The van der Waals surface area contributed by atoms with E-state index in [4.69, 9.17) is 5.26 Å². The molecule has 1 saturated heterocycles. The fraction of sp³-hybridized carbons (Fsp3) is 0.188. The molecule has 3 rings (SSSR count). The number of rotatable bonds is 6. The molecule has 1 aliphatic rings. The highest BCUT2D eigenvalue weighted by molar-refractivity contribution is 7.14. The Kier molecular flexibility index (Phi) is 5.11. The molecule has 1 N–H and O–H groups in total. The molecule has 2 aromatic rings. The summed E-state index contributed by atoms with van der Waals surface area (Å²) in [7, 11) is 0. The van der Waals surface area contributed by atoms with Crippen LogP contribution in [0.1, 0.15) is 10.4 Å². The normalized spacial score (nSPS) is 14.0. The first kappa shape index (κ1) is 17.8. The van der Waals surface area contributed by atoms with Gasteiger partial charge in [0.05, 0.1) is 5.56 Å². The van der Waals surface area contributed by atoms with Crippen molar-refractivity contribution in [2.75, 3.05) is 18.4 Å². The van der Waals surface area contributed by atoms with Crippen LogP contribution in [0.4, 0.5) is 9.80 Å². The Balaban J connectivity index is 1.63. The molecule has 1 fully saturated rings. The number of amides is 5. The zero-order chi connectivity index (χ0) is 18.7. The predicted molar refractivity (Wildman–Crippen MR) is 94.5 cm³/mol. The maximum atomic E-state index is 12.3. The van der Waals surface area contributed by atoms with Crippen molar-refractivity contribution in [2.45, 2.75) is 6.42 Å². The van der Waals surface area contributed by atoms with Gasteiger partial charge >= 0.3 is 17.8 Å². The molecule has 5 amide bonds. The lowest BCUT2D eigenvalue weighted by Crippen LogP contribution is -2.39. The summed E-state index contributed by atoms with van der Waals surface area (Å²) in [6, 6.07) is 6.39. The first-order valence-electron chi connectivity index (χ1n) is 7.48. The van der Waals surface area contributed by atoms with Crippen molar-refractivity contribution < 1.29 is 19.2 Å². The molecule has 0 radical (unpaired) electrons. The number of nitrogens with zero attached hydrogens (tertiary/aromatic N) is 3. The fourth-order valence-electron chi connectivity index (χ4n) is 2.37. The first-order chi connectivity index (χ1) is 12.5. The van der Waals surface area contributed by atoms with E-state index < -0.39 is 30.3 Å². The lowest BCUT2D eigenvalue weighted by atomic mass is 10.3. The largest absolute Gasteiger partial charge is 0.334 e. The Labute approximate surface area is 156 Å². The Morgan fingerprint density at radius 1 is 1.12 bits per heavy atom. The maximum Gasteiger partial charge on any atom is 0.334 e. The number of nitrogens with one attached hydrogen (secondary N) is 1. The van der Waals surface area contributed by atoms with Gasteiger partial charge in [0.1, 0.15) is 17.6 Å². The van der Waals surface area contributed by atoms with Crippen molar-refractivity contribution in [1.82, 2.24) is 9.80 Å². The van der Waals surface area contributed by atoms with Gasteiger partial charge in [-0.3, -0.25) is 19.3 Å². The van der Waals surface area contributed by atoms with E-state index in [9.17, 15) is 19.2 Å². The van der Waals surface area contributed by atoms with Crippen molar-refractivity contribution in [1.29, 1.82) is 5.26 Å². The van der Waals surface area contributed by atoms with Crippen molar-refractivity contribution in [2.24, 2.45) is 0 Å². The first-order valence-corrected chi connectivity index (χ1v) is 9.24. The zero-order valence-electron chi connectivity index (χ0n) is 13.3. The van der Waals surface area contributed by atoms with Gasteiger partial charge in [-0.05, 0) is 22.9 Å². The smallest absolute Gasteiger partial charge is 0.315 e. The minimum atomic E-state index is -1.02. The molecule has 0 saturated carbocycles. The molecule has 132 valence electrons. The molecule has 26 heavy (non-hydrogen) atoms. The summed E-state index contributed by atoms with van der Waals surface area (Å²) in [4.78, 5) is 50.9. The van der Waals surface area contributed by atoms with Crippen molar-refractivity contribution in [3.63, 3.8) is 0 Å². The highest BCUT2D eigenvalue weighted by Crippen LogP contribution is 2.22. The van der Waals surface area contributed by atoms with Gasteiger partial charge in [-0.15, -0.1) is 22.7 Å². The lowest BCUT2D eigenvalue weighted by molar-refractivity contribution is -0.143. The molecule has 0 unspecified atom stereocenters. The van der Waals surface area contributed by atoms with Gasteiger partial charge in [0, 0.05) is 17.8 Å². The molecule has 1 aliphatic heterocycles. The number of carbonyl (C=O) groups excluding carboxylic acids is 4. The Hall–Kier alpha value is -3.03. The van der Waals surface area contributed by atoms with Crippen LogP contribution in [0.15, 0.2) is 29.0 Å². The van der Waals surface area contributed by atoms with Crippen molar-refractivity contribution >= 4 is 51.4 Å². The second-order valence-electron chi connectivity index (χ2n) is 5.28. The van der Waals surface area contributed by atoms with E-state index >= 15 is 0 Å². The van der Waals surface area contributed by atoms with Crippen LogP contribution in [0.5, 0.6) is 0 Å². The summed E-state index contributed by atoms with van der Waals surface area (Å²) >= 11 is 2.64. The monoisotopic (exact) mass is 388 g/mol. The minimum Gasteiger partial charge on any atom is -0.315 e. The molecule has 2 aromatic heterocycles. The molecule has 0 atom stereocenters. The van der Waals surface area contributed by atoms with Crippen LogP contribution < -0.4 is 5.32 Å². The van der Waals surface area contributed by atoms with Gasteiger partial charge in [-0.25, -0.2) is 9.69 Å². The average Bonchev–Trinajstić information content (AvgIpc) is 3.33. The number of anilines is 1. The molecule has 3 heterocycles. The molecule has 0 aromatic carbocycles. The molecule has 0 aliphatic carbocycles. The fourth-order valence-corrected chi connectivity index (χ4v) is 3.82. The Morgan fingerprint density at radius 2 is 1.88 bits per heavy atom. The predicted octanol–water partition coefficient (Wildman–Crippen LogP) is 1.65. The SMILES string of the molecule is N#Cc1ccsc1NC(=O)CN1C(=O)C(=O)N(CCc2cccs2)C1=O. The van der Waals surface area contributed by atoms with Crippen LogP contribution >= 0.6 is 22.7 Å². The average molecular weight is 388 g/mol. The summed E-state index contributed by atoms with van der Waals surface area (Å²) in [5, 5.41) is 15.3. The quantitative estimate of drug-likeness (QED) is 0.598. The van der Waals surface area contributed by atoms with E-state index in [0.717, 1.165) is 21.1 Å². The summed E-state index contributed by atoms with van der Waals surface area (Å²) < 4.78 is 0. The van der Waals surface area contributed by atoms with Crippen LogP contribution in [0.3, 0.4) is 0 Å². The maximum absolute atomic E-state index is 12.3. The molecular weight excluding hydrogens is 376 g/mol. The van der Waals surface area contributed by atoms with E-state index in [1.807, 2.05) is 23.6 Å². The lowest BCUT2D eigenvalue weighted by Gasteiger charge is -2.14. The van der Waals surface area contributed by atoms with Crippen LogP contribution in [0, 0.1) is 11.3 Å². The summed E-state index contributed by atoms with van der Waals surface area (Å²) in [6.45, 7) is -0.507. The molecule has 8 nitrogen and oxygen atoms in total. The van der Waals surface area contributed by atoms with Crippen molar-refractivity contribution in [3.8, 4) is 6.07 Å². The van der Waals surface area contributed by atoms with Crippen LogP contribution in [0.25, 0.3) is 0 Å². The highest BCUT2D eigenvalue weighted by atomic mass is 32.1. The number of thiophene rings is 2. The van der Waals surface area contributed by atoms with Gasteiger partial charge in [0.25, 0.3) is 0 Å². The van der Waals surface area contributed by atoms with Gasteiger partial charge in [-0.1, -0.05) is 6.07 Å². The topological polar surface area (TPSA) is 111 Å². The van der Waals surface area contributed by atoms with E-state index in [1.165, 1.54) is 11.3 Å². The highest BCUT2D eigenvalue weighted by Gasteiger charge is 2.44. The van der Waals surface area contributed by atoms with Crippen LogP contribution in [-0.4, -0.2) is 46.6 Å². The summed E-state index contributed by atoms with van der Waals surface area (Å²) in [5.41, 5.74) is 0.288. The number of urea groups is 1. The second kappa shape index (κ2) is 7.47. The number of carbonyl (C=O) groups is 4. The summed E-state index contributed by atoms with van der Waals surface area (Å²) in [6.07, 6.45) is 0.448. The van der Waals surface area contributed by atoms with Crippen LogP contribution in [0.2, 0.25) is 0 Å². The standard InChI is InChI=1S/C16H12N4O4S2/c17-8-10-4-7-26-13(10)18-12(21)9-20-15(23)14(22)19(16(20)24)5-3-11-2-1-6-25-11/h1-2,4,6-7H,3,5,9H2,(H,18,21). The third-order valence-corrected chi connectivity index (χ3v) is 5.40. The second-order valence-corrected chi connectivity index (χ2v) is 7.23. The van der Waals surface area contributed by atoms with E-state index in [-0.39, 0.29) is 12.1 Å². The zero-order valence-corrected chi connectivity index (χ0v) is 14.9. The third-order valence-electron chi connectivity index (χ3n) is 3.64. The van der Waals surface area contributed by atoms with Gasteiger partial charge < -0.3 is 5.32 Å². The summed E-state index contributed by atoms with van der Waals surface area (Å²) in [5.74, 6) is -2.62. The number of hydrogen-bond acceptors (Lipinski definition) is 7. The van der Waals surface area contributed by atoms with Gasteiger partial charge in [0.15, 0.2) is 0 Å². The number of nitriles is 1. The van der Waals surface area contributed by atoms with Crippen LogP contribution in [-0.2, 0) is 20.8 Å². The molecule has 0 spiro atoms. The van der Waals surface area contributed by atoms with Crippen molar-refractivity contribution in [3.05, 3.63) is 39.4 Å². The van der Waals surface area contributed by atoms with E-state index in [2.05, 4.69) is 5.32 Å². The van der Waals surface area contributed by atoms with E-state index in [1.54, 1.807) is 11.4 Å². The number of hydrogen-bond donors (Lipinski definition) is 1. The van der Waals surface area contributed by atoms with E-state index in [0.29, 0.717) is 16.3 Å². The molecule has 0 bridgehead atoms. The number of imide groups is 2. The van der Waals surface area contributed by atoms with Gasteiger partial charge in [-0.2, -0.15) is 5.26 Å². The Morgan fingerprint density at radius 3 is 2.58 bits per heavy atom. The minimum absolute atomic E-state index is 0.0749. The molecule has 10 heteroatoms. The molecular formula is C16H12N4O4S2.